The molecule has 0 aromatic rings. The zero-order valence-corrected chi connectivity index (χ0v) is 11.9. The number of nitrogens with zero attached hydrogens (tertiary/aromatic N) is 1. The number of likely N-dealkylation sites (tertiary alicyclic amines) is 1. The van der Waals surface area contributed by atoms with Crippen LogP contribution in [-0.2, 0) is 9.53 Å². The van der Waals surface area contributed by atoms with Gasteiger partial charge in [0.15, 0.2) is 0 Å². The SMILES string of the molecule is COC(=O)C(C)(C)NC1CC(C)N(C)CC1C. The third-order valence-electron chi connectivity index (χ3n) is 3.85. The van der Waals surface area contributed by atoms with Crippen molar-refractivity contribution in [1.82, 2.24) is 10.2 Å². The maximum absolute atomic E-state index is 11.7. The Morgan fingerprint density at radius 3 is 2.53 bits per heavy atom. The van der Waals surface area contributed by atoms with Crippen LogP contribution in [0, 0.1) is 5.92 Å². The maximum atomic E-state index is 11.7. The van der Waals surface area contributed by atoms with Gasteiger partial charge in [-0.15, -0.1) is 0 Å². The molecule has 1 rings (SSSR count). The van der Waals surface area contributed by atoms with Gasteiger partial charge in [0, 0.05) is 18.6 Å². The van der Waals surface area contributed by atoms with E-state index in [1.807, 2.05) is 13.8 Å². The fourth-order valence-corrected chi connectivity index (χ4v) is 2.52. The molecule has 1 saturated heterocycles. The molecular formula is C13H26N2O2. The monoisotopic (exact) mass is 242 g/mol. The molecule has 0 amide bonds. The molecule has 0 bridgehead atoms. The molecule has 0 spiro atoms. The first-order valence-electron chi connectivity index (χ1n) is 6.34. The first-order valence-corrected chi connectivity index (χ1v) is 6.34. The molecule has 0 aromatic carbocycles. The summed E-state index contributed by atoms with van der Waals surface area (Å²) in [6.45, 7) is 9.29. The van der Waals surface area contributed by atoms with Gasteiger partial charge in [-0.3, -0.25) is 10.1 Å². The van der Waals surface area contributed by atoms with Gasteiger partial charge in [-0.1, -0.05) is 6.92 Å². The predicted molar refractivity (Wildman–Crippen MR) is 68.9 cm³/mol. The Labute approximate surface area is 105 Å². The topological polar surface area (TPSA) is 41.6 Å². The van der Waals surface area contributed by atoms with Crippen LogP contribution in [0.2, 0.25) is 0 Å². The summed E-state index contributed by atoms with van der Waals surface area (Å²) in [5.74, 6) is 0.344. The summed E-state index contributed by atoms with van der Waals surface area (Å²) in [6, 6.07) is 0.924. The lowest BCUT2D eigenvalue weighted by molar-refractivity contribution is -0.147. The average molecular weight is 242 g/mol. The molecule has 1 aliphatic rings. The van der Waals surface area contributed by atoms with Gasteiger partial charge in [-0.2, -0.15) is 0 Å². The van der Waals surface area contributed by atoms with Gasteiger partial charge in [-0.25, -0.2) is 0 Å². The van der Waals surface area contributed by atoms with Gasteiger partial charge in [0.05, 0.1) is 7.11 Å². The van der Waals surface area contributed by atoms with Crippen LogP contribution in [0.3, 0.4) is 0 Å². The first-order chi connectivity index (χ1) is 7.77. The molecule has 3 atom stereocenters. The lowest BCUT2D eigenvalue weighted by atomic mass is 9.87. The second-order valence-corrected chi connectivity index (χ2v) is 5.87. The quantitative estimate of drug-likeness (QED) is 0.757. The minimum absolute atomic E-state index is 0.198. The van der Waals surface area contributed by atoms with Crippen LogP contribution in [0.5, 0.6) is 0 Å². The van der Waals surface area contributed by atoms with Crippen molar-refractivity contribution in [3.63, 3.8) is 0 Å². The van der Waals surface area contributed by atoms with Crippen molar-refractivity contribution < 1.29 is 9.53 Å². The maximum Gasteiger partial charge on any atom is 0.325 e. The summed E-state index contributed by atoms with van der Waals surface area (Å²) in [4.78, 5) is 14.0. The van der Waals surface area contributed by atoms with E-state index < -0.39 is 5.54 Å². The Balaban J connectivity index is 2.65. The Morgan fingerprint density at radius 2 is 2.00 bits per heavy atom. The number of carbonyl (C=O) groups is 1. The van der Waals surface area contributed by atoms with E-state index in [0.717, 1.165) is 13.0 Å². The van der Waals surface area contributed by atoms with E-state index in [1.54, 1.807) is 0 Å². The normalized spacial score (nSPS) is 31.3. The van der Waals surface area contributed by atoms with Crippen molar-refractivity contribution in [2.45, 2.75) is 51.7 Å². The number of hydrogen-bond donors (Lipinski definition) is 1. The summed E-state index contributed by atoms with van der Waals surface area (Å²) in [6.07, 6.45) is 1.07. The molecule has 1 heterocycles. The van der Waals surface area contributed by atoms with Crippen molar-refractivity contribution in [1.29, 1.82) is 0 Å². The van der Waals surface area contributed by atoms with Crippen molar-refractivity contribution in [3.05, 3.63) is 0 Å². The minimum Gasteiger partial charge on any atom is -0.468 e. The zero-order chi connectivity index (χ0) is 13.2. The largest absolute Gasteiger partial charge is 0.468 e. The lowest BCUT2D eigenvalue weighted by Crippen LogP contribution is -2.59. The number of carbonyl (C=O) groups excluding carboxylic acids is 1. The Morgan fingerprint density at radius 1 is 1.41 bits per heavy atom. The van der Waals surface area contributed by atoms with Gasteiger partial charge in [0.25, 0.3) is 0 Å². The number of rotatable bonds is 3. The fourth-order valence-electron chi connectivity index (χ4n) is 2.52. The molecule has 0 aliphatic carbocycles. The van der Waals surface area contributed by atoms with Gasteiger partial charge in [-0.05, 0) is 40.2 Å². The number of piperidine rings is 1. The summed E-state index contributed by atoms with van der Waals surface area (Å²) < 4.78 is 4.83. The van der Waals surface area contributed by atoms with Crippen LogP contribution in [0.1, 0.15) is 34.1 Å². The average Bonchev–Trinajstić information content (AvgIpc) is 2.24. The summed E-state index contributed by atoms with van der Waals surface area (Å²) >= 11 is 0. The van der Waals surface area contributed by atoms with Crippen LogP contribution in [0.4, 0.5) is 0 Å². The van der Waals surface area contributed by atoms with Crippen LogP contribution in [0.25, 0.3) is 0 Å². The Hall–Kier alpha value is -0.610. The highest BCUT2D eigenvalue weighted by atomic mass is 16.5. The smallest absolute Gasteiger partial charge is 0.325 e. The summed E-state index contributed by atoms with van der Waals surface area (Å²) in [5, 5.41) is 3.45. The molecule has 0 saturated carbocycles. The van der Waals surface area contributed by atoms with Crippen molar-refractivity contribution in [2.24, 2.45) is 5.92 Å². The van der Waals surface area contributed by atoms with E-state index in [1.165, 1.54) is 7.11 Å². The Bertz CT molecular complexity index is 279. The summed E-state index contributed by atoms with van der Waals surface area (Å²) in [5.41, 5.74) is -0.608. The zero-order valence-electron chi connectivity index (χ0n) is 11.9. The molecule has 1 aliphatic heterocycles. The highest BCUT2D eigenvalue weighted by molar-refractivity contribution is 5.79. The third-order valence-corrected chi connectivity index (χ3v) is 3.85. The van der Waals surface area contributed by atoms with E-state index in [2.05, 4.69) is 31.1 Å². The molecular weight excluding hydrogens is 216 g/mol. The van der Waals surface area contributed by atoms with Crippen molar-refractivity contribution in [2.75, 3.05) is 20.7 Å². The van der Waals surface area contributed by atoms with Gasteiger partial charge in [0.2, 0.25) is 0 Å². The molecule has 4 nitrogen and oxygen atoms in total. The van der Waals surface area contributed by atoms with E-state index in [9.17, 15) is 4.79 Å². The van der Waals surface area contributed by atoms with Crippen molar-refractivity contribution >= 4 is 5.97 Å². The molecule has 3 unspecified atom stereocenters. The molecule has 0 aromatic heterocycles. The van der Waals surface area contributed by atoms with E-state index in [4.69, 9.17) is 4.74 Å². The number of esters is 1. The van der Waals surface area contributed by atoms with Crippen LogP contribution >= 0.6 is 0 Å². The number of ether oxygens (including phenoxy) is 1. The molecule has 100 valence electrons. The van der Waals surface area contributed by atoms with Gasteiger partial charge < -0.3 is 9.64 Å². The van der Waals surface area contributed by atoms with Crippen LogP contribution in [0.15, 0.2) is 0 Å². The molecule has 1 fully saturated rings. The van der Waals surface area contributed by atoms with E-state index in [0.29, 0.717) is 18.0 Å². The van der Waals surface area contributed by atoms with Gasteiger partial charge in [0.1, 0.15) is 5.54 Å². The fraction of sp³-hybridized carbons (Fsp3) is 0.923. The molecule has 1 N–H and O–H groups in total. The van der Waals surface area contributed by atoms with Crippen LogP contribution < -0.4 is 5.32 Å². The lowest BCUT2D eigenvalue weighted by Gasteiger charge is -2.42. The van der Waals surface area contributed by atoms with Gasteiger partial charge >= 0.3 is 5.97 Å². The van der Waals surface area contributed by atoms with Crippen LogP contribution in [-0.4, -0.2) is 49.2 Å². The molecule has 4 heteroatoms. The highest BCUT2D eigenvalue weighted by Crippen LogP contribution is 2.23. The molecule has 17 heavy (non-hydrogen) atoms. The third kappa shape index (κ3) is 3.42. The number of methoxy groups -OCH3 is 1. The Kier molecular flexibility index (Phi) is 4.55. The second kappa shape index (κ2) is 5.36. The molecule has 0 radical (unpaired) electrons. The standard InChI is InChI=1S/C13H26N2O2/c1-9-8-15(5)10(2)7-11(9)14-13(3,4)12(16)17-6/h9-11,14H,7-8H2,1-6H3. The van der Waals surface area contributed by atoms with Crippen molar-refractivity contribution in [3.8, 4) is 0 Å². The first kappa shape index (κ1) is 14.5. The number of nitrogens with one attached hydrogen (secondary N) is 1. The minimum atomic E-state index is -0.608. The second-order valence-electron chi connectivity index (χ2n) is 5.87. The highest BCUT2D eigenvalue weighted by Gasteiger charge is 2.36. The summed E-state index contributed by atoms with van der Waals surface area (Å²) in [7, 11) is 3.59. The number of hydrogen-bond acceptors (Lipinski definition) is 4. The predicted octanol–water partition coefficient (Wildman–Crippen LogP) is 1.26. The van der Waals surface area contributed by atoms with E-state index >= 15 is 0 Å². The van der Waals surface area contributed by atoms with E-state index in [-0.39, 0.29) is 5.97 Å².